The molecule has 0 atom stereocenters. The molecule has 3 aromatic rings. The van der Waals surface area contributed by atoms with Crippen LogP contribution < -0.4 is 10.2 Å². The summed E-state index contributed by atoms with van der Waals surface area (Å²) in [6.45, 7) is 7.02. The molecule has 1 fully saturated rings. The Hall–Kier alpha value is -2.97. The van der Waals surface area contributed by atoms with Gasteiger partial charge in [-0.2, -0.15) is 18.2 Å². The van der Waals surface area contributed by atoms with Crippen molar-refractivity contribution in [3.05, 3.63) is 41.2 Å². The van der Waals surface area contributed by atoms with E-state index in [1.165, 1.54) is 25.1 Å². The Bertz CT molecular complexity index is 1180. The van der Waals surface area contributed by atoms with Crippen LogP contribution in [0.3, 0.4) is 0 Å². The highest BCUT2D eigenvalue weighted by Gasteiger charge is 2.34. The van der Waals surface area contributed by atoms with Crippen molar-refractivity contribution in [2.75, 3.05) is 41.3 Å². The van der Waals surface area contributed by atoms with Gasteiger partial charge in [0.05, 0.1) is 5.56 Å². The smallest absolute Gasteiger partial charge is 0.353 e. The summed E-state index contributed by atoms with van der Waals surface area (Å²) in [5.41, 5.74) is -0.300. The molecule has 4 rings (SSSR count). The molecule has 1 aromatic carbocycles. The molecule has 3 heterocycles. The second-order valence-corrected chi connectivity index (χ2v) is 7.75. The number of carbonyl (C=O) groups excluding carboxylic acids is 1. The van der Waals surface area contributed by atoms with E-state index in [4.69, 9.17) is 0 Å². The van der Waals surface area contributed by atoms with E-state index in [0.29, 0.717) is 49.2 Å². The number of amides is 1. The second-order valence-electron chi connectivity index (χ2n) is 7.75. The average Bonchev–Trinajstić information content (AvgIpc) is 3.25. The Morgan fingerprint density at radius 2 is 1.71 bits per heavy atom. The molecule has 2 aromatic heterocycles. The minimum atomic E-state index is -4.56. The van der Waals surface area contributed by atoms with Crippen LogP contribution in [0.4, 0.5) is 30.8 Å². The van der Waals surface area contributed by atoms with E-state index >= 15 is 0 Å². The first-order valence-electron chi connectivity index (χ1n) is 10.7. The van der Waals surface area contributed by atoms with Gasteiger partial charge in [0.15, 0.2) is 5.82 Å². The topological polar surface area (TPSA) is 103 Å². The van der Waals surface area contributed by atoms with E-state index in [0.717, 1.165) is 6.07 Å². The van der Waals surface area contributed by atoms with Gasteiger partial charge in [0.1, 0.15) is 17.5 Å². The minimum absolute atomic E-state index is 0.0174. The highest BCUT2D eigenvalue weighted by Crippen LogP contribution is 2.37. The Labute approximate surface area is 214 Å². The lowest BCUT2D eigenvalue weighted by molar-refractivity contribution is -0.137. The predicted octanol–water partition coefficient (Wildman–Crippen LogP) is 4.36. The summed E-state index contributed by atoms with van der Waals surface area (Å²) < 4.78 is 41.1. The Balaban J connectivity index is 0.00000167. The molecule has 1 saturated heterocycles. The Morgan fingerprint density at radius 3 is 2.29 bits per heavy atom. The SMILES string of the molecule is CC(=O)N1CCN(c2nc(-c3ccccc3C(F)(F)F)nc(Nc3n[nH]c(C)n3)c2C)CC1.CI. The van der Waals surface area contributed by atoms with Gasteiger partial charge in [-0.3, -0.25) is 9.89 Å². The zero-order valence-electron chi connectivity index (χ0n) is 19.7. The first kappa shape index (κ1) is 26.6. The predicted molar refractivity (Wildman–Crippen MR) is 136 cm³/mol. The molecular weight excluding hydrogens is 576 g/mol. The quantitative estimate of drug-likeness (QED) is 0.338. The zero-order valence-corrected chi connectivity index (χ0v) is 21.9. The molecule has 2 N–H and O–H groups in total. The number of alkyl halides is 4. The van der Waals surface area contributed by atoms with Gasteiger partial charge < -0.3 is 15.1 Å². The minimum Gasteiger partial charge on any atom is -0.353 e. The first-order chi connectivity index (χ1) is 16.6. The summed E-state index contributed by atoms with van der Waals surface area (Å²) in [5.74, 6) is 1.54. The fourth-order valence-electron chi connectivity index (χ4n) is 3.72. The van der Waals surface area contributed by atoms with Crippen molar-refractivity contribution in [3.63, 3.8) is 0 Å². The Kier molecular flexibility index (Phi) is 8.51. The van der Waals surface area contributed by atoms with Crippen LogP contribution in [0.25, 0.3) is 11.4 Å². The molecule has 0 aliphatic carbocycles. The molecule has 1 aliphatic rings. The average molecular weight is 602 g/mol. The van der Waals surface area contributed by atoms with Crippen LogP contribution in [-0.4, -0.2) is 67.1 Å². The number of aryl methyl sites for hydroxylation is 1. The molecule has 0 unspecified atom stereocenters. The van der Waals surface area contributed by atoms with E-state index in [1.54, 1.807) is 18.7 Å². The molecule has 1 amide bonds. The highest BCUT2D eigenvalue weighted by atomic mass is 127. The van der Waals surface area contributed by atoms with Crippen LogP contribution in [0.1, 0.15) is 23.9 Å². The number of benzene rings is 1. The number of nitrogens with one attached hydrogen (secondary N) is 2. The number of halogens is 4. The zero-order chi connectivity index (χ0) is 25.8. The molecule has 0 bridgehead atoms. The number of nitrogens with zero attached hydrogens (tertiary/aromatic N) is 6. The largest absolute Gasteiger partial charge is 0.417 e. The molecule has 188 valence electrons. The maximum Gasteiger partial charge on any atom is 0.417 e. The fraction of sp³-hybridized carbons (Fsp3) is 0.409. The van der Waals surface area contributed by atoms with E-state index in [1.807, 2.05) is 9.83 Å². The number of aromatic amines is 1. The van der Waals surface area contributed by atoms with Crippen LogP contribution in [-0.2, 0) is 11.0 Å². The molecule has 1 aliphatic heterocycles. The Morgan fingerprint density at radius 1 is 1.06 bits per heavy atom. The fourth-order valence-corrected chi connectivity index (χ4v) is 3.72. The van der Waals surface area contributed by atoms with Gasteiger partial charge >= 0.3 is 6.18 Å². The van der Waals surface area contributed by atoms with E-state index in [9.17, 15) is 18.0 Å². The third-order valence-corrected chi connectivity index (χ3v) is 5.45. The summed E-state index contributed by atoms with van der Waals surface area (Å²) in [6, 6.07) is 5.21. The van der Waals surface area contributed by atoms with Crippen molar-refractivity contribution in [2.24, 2.45) is 0 Å². The van der Waals surface area contributed by atoms with Gasteiger partial charge in [-0.05, 0) is 24.8 Å². The van der Waals surface area contributed by atoms with Crippen molar-refractivity contribution in [2.45, 2.75) is 26.9 Å². The van der Waals surface area contributed by atoms with Gasteiger partial charge in [-0.25, -0.2) is 9.97 Å². The maximum atomic E-state index is 13.7. The molecule has 9 nitrogen and oxygen atoms in total. The van der Waals surface area contributed by atoms with Crippen LogP contribution in [0.5, 0.6) is 0 Å². The number of piperazine rings is 1. The lowest BCUT2D eigenvalue weighted by Gasteiger charge is -2.36. The molecule has 13 heteroatoms. The van der Waals surface area contributed by atoms with Gasteiger partial charge in [0.25, 0.3) is 0 Å². The maximum absolute atomic E-state index is 13.7. The van der Waals surface area contributed by atoms with Crippen LogP contribution in [0, 0.1) is 13.8 Å². The van der Waals surface area contributed by atoms with Crippen LogP contribution in [0.15, 0.2) is 24.3 Å². The van der Waals surface area contributed by atoms with E-state index < -0.39 is 11.7 Å². The molecule has 0 spiro atoms. The van der Waals surface area contributed by atoms with Gasteiger partial charge in [0.2, 0.25) is 11.9 Å². The first-order valence-corrected chi connectivity index (χ1v) is 12.9. The van der Waals surface area contributed by atoms with Crippen LogP contribution >= 0.6 is 22.6 Å². The van der Waals surface area contributed by atoms with E-state index in [-0.39, 0.29) is 23.2 Å². The van der Waals surface area contributed by atoms with Gasteiger partial charge in [0, 0.05) is 44.2 Å². The van der Waals surface area contributed by atoms with Crippen molar-refractivity contribution in [1.82, 2.24) is 30.0 Å². The number of hydrogen-bond donors (Lipinski definition) is 2. The molecular formula is C22H26F3IN8O. The van der Waals surface area contributed by atoms with E-state index in [2.05, 4.69) is 53.1 Å². The van der Waals surface area contributed by atoms with Crippen molar-refractivity contribution in [1.29, 1.82) is 0 Å². The lowest BCUT2D eigenvalue weighted by atomic mass is 10.1. The number of carbonyl (C=O) groups is 1. The van der Waals surface area contributed by atoms with Crippen LogP contribution in [0.2, 0.25) is 0 Å². The monoisotopic (exact) mass is 602 g/mol. The normalized spacial score (nSPS) is 13.8. The van der Waals surface area contributed by atoms with Crippen molar-refractivity contribution in [3.8, 4) is 11.4 Å². The highest BCUT2D eigenvalue weighted by molar-refractivity contribution is 14.1. The number of anilines is 3. The van der Waals surface area contributed by atoms with Crippen molar-refractivity contribution < 1.29 is 18.0 Å². The number of H-pyrrole nitrogens is 1. The summed E-state index contributed by atoms with van der Waals surface area (Å²) in [4.78, 5) is 30.5. The second kappa shape index (κ2) is 11.2. The number of hydrogen-bond acceptors (Lipinski definition) is 7. The van der Waals surface area contributed by atoms with Gasteiger partial charge in [-0.1, -0.05) is 40.8 Å². The number of rotatable bonds is 4. The lowest BCUT2D eigenvalue weighted by Crippen LogP contribution is -2.48. The summed E-state index contributed by atoms with van der Waals surface area (Å²) >= 11 is 2.15. The molecule has 0 radical (unpaired) electrons. The summed E-state index contributed by atoms with van der Waals surface area (Å²) in [5, 5.41) is 9.74. The number of aromatic nitrogens is 5. The third kappa shape index (κ3) is 6.18. The standard InChI is InChI=1S/C21H23F3N8O.CH3I/c1-12-17(28-20-25-13(2)29-30-20)26-18(15-6-4-5-7-16(15)21(22,23)24)27-19(12)32-10-8-31(9-11-32)14(3)33;1-2/h4-7H,8-11H2,1-3H3,(H2,25,26,27,28,29,30);1H3. The van der Waals surface area contributed by atoms with Gasteiger partial charge in [-0.15, -0.1) is 5.10 Å². The third-order valence-electron chi connectivity index (χ3n) is 5.45. The van der Waals surface area contributed by atoms with Crippen molar-refractivity contribution >= 4 is 46.1 Å². The molecule has 0 saturated carbocycles. The molecule has 35 heavy (non-hydrogen) atoms. The summed E-state index contributed by atoms with van der Waals surface area (Å²) in [7, 11) is 0. The summed E-state index contributed by atoms with van der Waals surface area (Å²) in [6.07, 6.45) is -4.56.